The number of amides is 2. The van der Waals surface area contributed by atoms with Crippen LogP contribution in [0.2, 0.25) is 0 Å². The molecule has 136 valence electrons. The van der Waals surface area contributed by atoms with E-state index in [0.717, 1.165) is 15.5 Å². The van der Waals surface area contributed by atoms with Crippen LogP contribution in [0.25, 0.3) is 0 Å². The van der Waals surface area contributed by atoms with Gasteiger partial charge in [-0.1, -0.05) is 23.9 Å². The number of carbonyl (C=O) groups is 2. The maximum Gasteiger partial charge on any atom is 0.259 e. The molecule has 5 nitrogen and oxygen atoms in total. The van der Waals surface area contributed by atoms with E-state index in [9.17, 15) is 9.59 Å². The van der Waals surface area contributed by atoms with Crippen LogP contribution in [0.4, 0.5) is 11.4 Å². The number of rotatable bonds is 3. The van der Waals surface area contributed by atoms with Gasteiger partial charge in [0.2, 0.25) is 0 Å². The first-order valence-electron chi connectivity index (χ1n) is 8.62. The summed E-state index contributed by atoms with van der Waals surface area (Å²) in [6.45, 7) is 3.99. The Kier molecular flexibility index (Phi) is 4.49. The van der Waals surface area contributed by atoms with Crippen LogP contribution in [0.3, 0.4) is 0 Å². The predicted octanol–water partition coefficient (Wildman–Crippen LogP) is 5.05. The van der Waals surface area contributed by atoms with Crippen LogP contribution < -0.4 is 10.2 Å². The molecule has 1 aromatic heterocycles. The molecule has 6 heteroatoms. The standard InChI is InChI=1S/C21H18N2O3S/c1-13(2)23-17-8-7-15(22-20(24)14-9-10-26-12-14)11-19(17)27-18-6-4-3-5-16(18)21(23)25/h3-13H,1-2H3,(H,22,24). The fourth-order valence-corrected chi connectivity index (χ4v) is 4.18. The zero-order valence-corrected chi connectivity index (χ0v) is 15.7. The maximum absolute atomic E-state index is 13.1. The summed E-state index contributed by atoms with van der Waals surface area (Å²) < 4.78 is 4.96. The molecule has 0 saturated carbocycles. The van der Waals surface area contributed by atoms with Crippen molar-refractivity contribution in [3.8, 4) is 0 Å². The van der Waals surface area contributed by atoms with Crippen LogP contribution >= 0.6 is 11.8 Å². The maximum atomic E-state index is 13.1. The summed E-state index contributed by atoms with van der Waals surface area (Å²) in [6, 6.07) is 14.8. The molecule has 1 aliphatic rings. The lowest BCUT2D eigenvalue weighted by atomic mass is 10.1. The lowest BCUT2D eigenvalue weighted by Gasteiger charge is -2.27. The fourth-order valence-electron chi connectivity index (χ4n) is 3.07. The van der Waals surface area contributed by atoms with Gasteiger partial charge < -0.3 is 14.6 Å². The molecule has 1 N–H and O–H groups in total. The van der Waals surface area contributed by atoms with Crippen molar-refractivity contribution in [1.82, 2.24) is 0 Å². The summed E-state index contributed by atoms with van der Waals surface area (Å²) in [6.07, 6.45) is 2.87. The fraction of sp³-hybridized carbons (Fsp3) is 0.143. The first-order chi connectivity index (χ1) is 13.0. The molecular formula is C21H18N2O3S. The van der Waals surface area contributed by atoms with Gasteiger partial charge in [0, 0.05) is 21.5 Å². The highest BCUT2D eigenvalue weighted by molar-refractivity contribution is 7.99. The van der Waals surface area contributed by atoms with E-state index >= 15 is 0 Å². The number of hydrogen-bond acceptors (Lipinski definition) is 4. The second kappa shape index (κ2) is 6.96. The third-order valence-electron chi connectivity index (χ3n) is 4.33. The van der Waals surface area contributed by atoms with Gasteiger partial charge in [0.25, 0.3) is 11.8 Å². The average Bonchev–Trinajstić information content (AvgIpc) is 3.15. The minimum atomic E-state index is -0.237. The van der Waals surface area contributed by atoms with Crippen molar-refractivity contribution in [2.45, 2.75) is 29.7 Å². The Bertz CT molecular complexity index is 1010. The van der Waals surface area contributed by atoms with Crippen LogP contribution in [0.15, 0.2) is 75.3 Å². The Balaban J connectivity index is 1.75. The van der Waals surface area contributed by atoms with Crippen molar-refractivity contribution in [1.29, 1.82) is 0 Å². The van der Waals surface area contributed by atoms with E-state index in [1.807, 2.05) is 56.3 Å². The van der Waals surface area contributed by atoms with Gasteiger partial charge in [-0.05, 0) is 50.2 Å². The Morgan fingerprint density at radius 1 is 1.11 bits per heavy atom. The van der Waals surface area contributed by atoms with Gasteiger partial charge in [-0.25, -0.2) is 0 Å². The highest BCUT2D eigenvalue weighted by atomic mass is 32.2. The molecule has 0 bridgehead atoms. The smallest absolute Gasteiger partial charge is 0.259 e. The minimum Gasteiger partial charge on any atom is -0.472 e. The van der Waals surface area contributed by atoms with Crippen molar-refractivity contribution in [2.24, 2.45) is 0 Å². The molecule has 0 radical (unpaired) electrons. The zero-order valence-electron chi connectivity index (χ0n) is 14.9. The highest BCUT2D eigenvalue weighted by Crippen LogP contribution is 2.43. The molecule has 4 rings (SSSR count). The Morgan fingerprint density at radius 2 is 1.93 bits per heavy atom. The van der Waals surface area contributed by atoms with Crippen molar-refractivity contribution in [3.63, 3.8) is 0 Å². The topological polar surface area (TPSA) is 62.6 Å². The highest BCUT2D eigenvalue weighted by Gasteiger charge is 2.29. The van der Waals surface area contributed by atoms with Crippen molar-refractivity contribution >= 4 is 35.0 Å². The molecule has 2 heterocycles. The molecule has 3 aromatic rings. The third-order valence-corrected chi connectivity index (χ3v) is 5.46. The number of furan rings is 1. The quantitative estimate of drug-likeness (QED) is 0.693. The molecule has 2 amide bonds. The zero-order chi connectivity index (χ0) is 19.0. The van der Waals surface area contributed by atoms with E-state index in [-0.39, 0.29) is 17.9 Å². The molecule has 2 aromatic carbocycles. The van der Waals surface area contributed by atoms with E-state index in [0.29, 0.717) is 16.8 Å². The molecule has 0 saturated heterocycles. The summed E-state index contributed by atoms with van der Waals surface area (Å²) in [5.41, 5.74) is 2.67. The summed E-state index contributed by atoms with van der Waals surface area (Å²) in [5.74, 6) is -0.249. The van der Waals surface area contributed by atoms with Gasteiger partial charge in [0.15, 0.2) is 0 Å². The third kappa shape index (κ3) is 3.24. The van der Waals surface area contributed by atoms with Crippen molar-refractivity contribution in [3.05, 3.63) is 72.2 Å². The van der Waals surface area contributed by atoms with Gasteiger partial charge in [0.1, 0.15) is 6.26 Å². The summed E-state index contributed by atoms with van der Waals surface area (Å²) in [7, 11) is 0. The van der Waals surface area contributed by atoms with Crippen LogP contribution in [0.1, 0.15) is 34.6 Å². The summed E-state index contributed by atoms with van der Waals surface area (Å²) in [5, 5.41) is 2.88. The number of nitrogens with zero attached hydrogens (tertiary/aromatic N) is 1. The van der Waals surface area contributed by atoms with Gasteiger partial charge in [-0.15, -0.1) is 0 Å². The predicted molar refractivity (Wildman–Crippen MR) is 106 cm³/mol. The number of carbonyl (C=O) groups excluding carboxylic acids is 2. The number of hydrogen-bond donors (Lipinski definition) is 1. The number of benzene rings is 2. The number of nitrogens with one attached hydrogen (secondary N) is 1. The second-order valence-electron chi connectivity index (χ2n) is 6.52. The summed E-state index contributed by atoms with van der Waals surface area (Å²) in [4.78, 5) is 29.0. The first kappa shape index (κ1) is 17.4. The molecule has 0 fully saturated rings. The molecular weight excluding hydrogens is 360 g/mol. The normalized spacial score (nSPS) is 13.1. The van der Waals surface area contributed by atoms with Gasteiger partial charge in [-0.2, -0.15) is 0 Å². The number of anilines is 2. The molecule has 1 aliphatic heterocycles. The Morgan fingerprint density at radius 3 is 2.67 bits per heavy atom. The van der Waals surface area contributed by atoms with Crippen molar-refractivity contribution in [2.75, 3.05) is 10.2 Å². The largest absolute Gasteiger partial charge is 0.472 e. The molecule has 0 unspecified atom stereocenters. The SMILES string of the molecule is CC(C)N1C(=O)c2ccccc2Sc2cc(NC(=O)c3ccoc3)ccc21. The second-order valence-corrected chi connectivity index (χ2v) is 7.60. The monoisotopic (exact) mass is 378 g/mol. The van der Waals surface area contributed by atoms with Crippen molar-refractivity contribution < 1.29 is 14.0 Å². The van der Waals surface area contributed by atoms with E-state index < -0.39 is 0 Å². The van der Waals surface area contributed by atoms with E-state index in [4.69, 9.17) is 4.42 Å². The Labute approximate surface area is 161 Å². The lowest BCUT2D eigenvalue weighted by molar-refractivity contribution is 0.0976. The molecule has 0 aliphatic carbocycles. The van der Waals surface area contributed by atoms with Crippen LogP contribution in [0.5, 0.6) is 0 Å². The minimum absolute atomic E-state index is 0.00868. The molecule has 27 heavy (non-hydrogen) atoms. The van der Waals surface area contributed by atoms with E-state index in [1.54, 1.807) is 11.0 Å². The average molecular weight is 378 g/mol. The first-order valence-corrected chi connectivity index (χ1v) is 9.44. The van der Waals surface area contributed by atoms with Crippen LogP contribution in [0, 0.1) is 0 Å². The van der Waals surface area contributed by atoms with Crippen LogP contribution in [-0.2, 0) is 0 Å². The van der Waals surface area contributed by atoms with E-state index in [2.05, 4.69) is 5.32 Å². The van der Waals surface area contributed by atoms with Gasteiger partial charge in [0.05, 0.1) is 23.1 Å². The molecule has 0 spiro atoms. The Hall–Kier alpha value is -2.99. The van der Waals surface area contributed by atoms with E-state index in [1.165, 1.54) is 24.3 Å². The molecule has 0 atom stereocenters. The van der Waals surface area contributed by atoms with Gasteiger partial charge in [-0.3, -0.25) is 9.59 Å². The summed E-state index contributed by atoms with van der Waals surface area (Å²) >= 11 is 1.53. The lowest BCUT2D eigenvalue weighted by Crippen LogP contribution is -2.36. The number of fused-ring (bicyclic) bond motifs is 2. The van der Waals surface area contributed by atoms with Crippen LogP contribution in [-0.4, -0.2) is 17.9 Å². The van der Waals surface area contributed by atoms with Gasteiger partial charge >= 0.3 is 0 Å².